The molecule has 0 amide bonds. The van der Waals surface area contributed by atoms with Crippen molar-refractivity contribution in [1.29, 1.82) is 0 Å². The molecule has 3 nitrogen and oxygen atoms in total. The maximum Gasteiger partial charge on any atom is 0.126 e. The van der Waals surface area contributed by atoms with Gasteiger partial charge in [0, 0.05) is 14.9 Å². The van der Waals surface area contributed by atoms with Crippen molar-refractivity contribution in [1.82, 2.24) is 0 Å². The number of nitrogens with two attached hydrogens (primary N) is 1. The molecule has 0 spiro atoms. The number of nitrogen functional groups attached to an aromatic ring is 1. The SMILES string of the molecule is Cc1ccc(C(C)Nc2ccc(N)cc2I)o1. The normalized spacial score (nSPS) is 12.4. The Kier molecular flexibility index (Phi) is 3.61. The van der Waals surface area contributed by atoms with Crippen LogP contribution in [0.25, 0.3) is 0 Å². The molecule has 0 radical (unpaired) electrons. The van der Waals surface area contributed by atoms with Gasteiger partial charge in [-0.05, 0) is 66.8 Å². The molecule has 2 rings (SSSR count). The van der Waals surface area contributed by atoms with Crippen molar-refractivity contribution >= 4 is 34.0 Å². The molecule has 0 bridgehead atoms. The van der Waals surface area contributed by atoms with E-state index in [1.54, 1.807) is 0 Å². The number of furan rings is 1. The van der Waals surface area contributed by atoms with Crippen molar-refractivity contribution in [2.45, 2.75) is 19.9 Å². The summed E-state index contributed by atoms with van der Waals surface area (Å²) >= 11 is 2.27. The maximum absolute atomic E-state index is 5.72. The summed E-state index contributed by atoms with van der Waals surface area (Å²) in [6, 6.07) is 9.94. The van der Waals surface area contributed by atoms with Crippen LogP contribution < -0.4 is 11.1 Å². The first-order valence-corrected chi connectivity index (χ1v) is 6.52. The summed E-state index contributed by atoms with van der Waals surface area (Å²) in [5, 5.41) is 3.41. The molecule has 0 aliphatic heterocycles. The number of hydrogen-bond acceptors (Lipinski definition) is 3. The molecule has 0 aliphatic rings. The molecule has 0 saturated carbocycles. The smallest absolute Gasteiger partial charge is 0.126 e. The Morgan fingerprint density at radius 1 is 1.29 bits per heavy atom. The molecule has 2 aromatic rings. The number of hydrogen-bond donors (Lipinski definition) is 2. The number of rotatable bonds is 3. The highest BCUT2D eigenvalue weighted by Gasteiger charge is 2.10. The predicted molar refractivity (Wildman–Crippen MR) is 79.1 cm³/mol. The Morgan fingerprint density at radius 2 is 2.06 bits per heavy atom. The van der Waals surface area contributed by atoms with Crippen molar-refractivity contribution in [3.05, 3.63) is 45.4 Å². The van der Waals surface area contributed by atoms with E-state index in [0.717, 1.165) is 26.5 Å². The van der Waals surface area contributed by atoms with E-state index in [0.29, 0.717) is 0 Å². The van der Waals surface area contributed by atoms with Gasteiger partial charge in [0.25, 0.3) is 0 Å². The molecular weight excluding hydrogens is 327 g/mol. The largest absolute Gasteiger partial charge is 0.464 e. The van der Waals surface area contributed by atoms with E-state index < -0.39 is 0 Å². The van der Waals surface area contributed by atoms with Crippen LogP contribution in [-0.4, -0.2) is 0 Å². The van der Waals surface area contributed by atoms with Gasteiger partial charge in [0.05, 0.1) is 6.04 Å². The van der Waals surface area contributed by atoms with E-state index in [4.69, 9.17) is 10.2 Å². The summed E-state index contributed by atoms with van der Waals surface area (Å²) < 4.78 is 6.70. The summed E-state index contributed by atoms with van der Waals surface area (Å²) in [6.07, 6.45) is 0. The van der Waals surface area contributed by atoms with Gasteiger partial charge < -0.3 is 15.5 Å². The van der Waals surface area contributed by atoms with E-state index in [1.807, 2.05) is 37.3 Å². The molecule has 3 N–H and O–H groups in total. The molecule has 0 aliphatic carbocycles. The maximum atomic E-state index is 5.72. The number of benzene rings is 1. The topological polar surface area (TPSA) is 51.2 Å². The van der Waals surface area contributed by atoms with Gasteiger partial charge in [0.15, 0.2) is 0 Å². The zero-order chi connectivity index (χ0) is 12.4. The van der Waals surface area contributed by atoms with Gasteiger partial charge in [-0.1, -0.05) is 0 Å². The first-order valence-electron chi connectivity index (χ1n) is 5.44. The highest BCUT2D eigenvalue weighted by atomic mass is 127. The molecule has 0 saturated heterocycles. The van der Waals surface area contributed by atoms with Crippen LogP contribution in [0.2, 0.25) is 0 Å². The highest BCUT2D eigenvalue weighted by molar-refractivity contribution is 14.1. The standard InChI is InChI=1S/C13H15IN2O/c1-8-3-6-13(17-8)9(2)16-12-5-4-10(15)7-11(12)14/h3-7,9,16H,15H2,1-2H3. The molecule has 1 unspecified atom stereocenters. The molecule has 4 heteroatoms. The second-order valence-electron chi connectivity index (χ2n) is 4.05. The minimum absolute atomic E-state index is 0.140. The molecule has 1 atom stereocenters. The first kappa shape index (κ1) is 12.3. The van der Waals surface area contributed by atoms with Gasteiger partial charge in [0.1, 0.15) is 11.5 Å². The van der Waals surface area contributed by atoms with E-state index >= 15 is 0 Å². The molecule has 1 heterocycles. The summed E-state index contributed by atoms with van der Waals surface area (Å²) in [6.45, 7) is 4.02. The zero-order valence-electron chi connectivity index (χ0n) is 9.83. The van der Waals surface area contributed by atoms with Crippen LogP contribution in [-0.2, 0) is 0 Å². The average Bonchev–Trinajstić information content (AvgIpc) is 2.69. The summed E-state index contributed by atoms with van der Waals surface area (Å²) in [5.41, 5.74) is 7.57. The van der Waals surface area contributed by atoms with Crippen LogP contribution in [0.4, 0.5) is 11.4 Å². The molecule has 17 heavy (non-hydrogen) atoms. The first-order chi connectivity index (χ1) is 8.06. The van der Waals surface area contributed by atoms with Crippen LogP contribution in [0, 0.1) is 10.5 Å². The third-order valence-electron chi connectivity index (χ3n) is 2.55. The molecule has 1 aromatic carbocycles. The van der Waals surface area contributed by atoms with Crippen molar-refractivity contribution in [2.75, 3.05) is 11.1 Å². The monoisotopic (exact) mass is 342 g/mol. The van der Waals surface area contributed by atoms with Crippen molar-refractivity contribution in [3.63, 3.8) is 0 Å². The number of halogens is 1. The van der Waals surface area contributed by atoms with Gasteiger partial charge in [0.2, 0.25) is 0 Å². The summed E-state index contributed by atoms with van der Waals surface area (Å²) in [5.74, 6) is 1.87. The fourth-order valence-corrected chi connectivity index (χ4v) is 2.33. The van der Waals surface area contributed by atoms with Crippen molar-refractivity contribution in [3.8, 4) is 0 Å². The lowest BCUT2D eigenvalue weighted by Crippen LogP contribution is -2.07. The fraction of sp³-hybridized carbons (Fsp3) is 0.231. The lowest BCUT2D eigenvalue weighted by atomic mass is 10.2. The molecular formula is C13H15IN2O. The molecule has 1 aromatic heterocycles. The third kappa shape index (κ3) is 2.94. The number of nitrogens with one attached hydrogen (secondary N) is 1. The zero-order valence-corrected chi connectivity index (χ0v) is 12.0. The number of anilines is 2. The highest BCUT2D eigenvalue weighted by Crippen LogP contribution is 2.26. The van der Waals surface area contributed by atoms with Crippen LogP contribution >= 0.6 is 22.6 Å². The Labute approximate surface area is 115 Å². The Bertz CT molecular complexity index is 522. The minimum Gasteiger partial charge on any atom is -0.464 e. The van der Waals surface area contributed by atoms with E-state index in [1.165, 1.54) is 0 Å². The van der Waals surface area contributed by atoms with E-state index in [2.05, 4.69) is 34.8 Å². The van der Waals surface area contributed by atoms with Crippen molar-refractivity contribution < 1.29 is 4.42 Å². The van der Waals surface area contributed by atoms with Crippen LogP contribution in [0.5, 0.6) is 0 Å². The quantitative estimate of drug-likeness (QED) is 0.656. The van der Waals surface area contributed by atoms with Crippen molar-refractivity contribution in [2.24, 2.45) is 0 Å². The summed E-state index contributed by atoms with van der Waals surface area (Å²) in [4.78, 5) is 0. The Balaban J connectivity index is 2.15. The lowest BCUT2D eigenvalue weighted by Gasteiger charge is -2.14. The summed E-state index contributed by atoms with van der Waals surface area (Å²) in [7, 11) is 0. The van der Waals surface area contributed by atoms with Gasteiger partial charge in [-0.3, -0.25) is 0 Å². The third-order valence-corrected chi connectivity index (χ3v) is 3.45. The van der Waals surface area contributed by atoms with E-state index in [9.17, 15) is 0 Å². The second kappa shape index (κ2) is 5.00. The van der Waals surface area contributed by atoms with Gasteiger partial charge in [-0.15, -0.1) is 0 Å². The van der Waals surface area contributed by atoms with Gasteiger partial charge in [-0.25, -0.2) is 0 Å². The molecule has 0 fully saturated rings. The van der Waals surface area contributed by atoms with Gasteiger partial charge in [-0.2, -0.15) is 0 Å². The minimum atomic E-state index is 0.140. The fourth-order valence-electron chi connectivity index (χ4n) is 1.64. The number of aryl methyl sites for hydroxylation is 1. The second-order valence-corrected chi connectivity index (χ2v) is 5.22. The molecule has 90 valence electrons. The Hall–Kier alpha value is -1.17. The lowest BCUT2D eigenvalue weighted by molar-refractivity contribution is 0.467. The predicted octanol–water partition coefficient (Wildman–Crippen LogP) is 3.95. The van der Waals surface area contributed by atoms with Crippen LogP contribution in [0.1, 0.15) is 24.5 Å². The van der Waals surface area contributed by atoms with Gasteiger partial charge >= 0.3 is 0 Å². The van der Waals surface area contributed by atoms with Crippen LogP contribution in [0.15, 0.2) is 34.7 Å². The van der Waals surface area contributed by atoms with Crippen LogP contribution in [0.3, 0.4) is 0 Å². The average molecular weight is 342 g/mol. The Morgan fingerprint density at radius 3 is 2.65 bits per heavy atom. The van der Waals surface area contributed by atoms with E-state index in [-0.39, 0.29) is 6.04 Å².